The van der Waals surface area contributed by atoms with E-state index in [-0.39, 0.29) is 9.28 Å². The summed E-state index contributed by atoms with van der Waals surface area (Å²) in [4.78, 5) is 3.93. The second kappa shape index (κ2) is 5.29. The van der Waals surface area contributed by atoms with Gasteiger partial charge in [-0.3, -0.25) is 0 Å². The van der Waals surface area contributed by atoms with Crippen molar-refractivity contribution >= 4 is 17.8 Å². The average molecular weight is 215 g/mol. The molecule has 0 bridgehead atoms. The lowest BCUT2D eigenvalue weighted by Crippen LogP contribution is -2.49. The Bertz CT molecular complexity index is 129. The Morgan fingerprint density at radius 2 is 2.00 bits per heavy atom. The molecule has 2 rings (SSSR count). The molecule has 0 amide bonds. The minimum Gasteiger partial charge on any atom is -0.426 e. The van der Waals surface area contributed by atoms with Gasteiger partial charge in [0.05, 0.1) is 0 Å². The molecule has 1 aliphatic heterocycles. The van der Waals surface area contributed by atoms with Gasteiger partial charge in [0.25, 0.3) is 0 Å². The molecule has 76 valence electrons. The Morgan fingerprint density at radius 1 is 1.15 bits per heavy atom. The predicted octanol–water partition coefficient (Wildman–Crippen LogP) is 0.633. The minimum absolute atomic E-state index is 0.0947. The molecule has 2 fully saturated rings. The maximum atomic E-state index is 5.66. The van der Waals surface area contributed by atoms with Gasteiger partial charge in [-0.25, -0.2) is 0 Å². The Morgan fingerprint density at radius 3 is 2.69 bits per heavy atom. The molecule has 0 aromatic rings. The van der Waals surface area contributed by atoms with Crippen molar-refractivity contribution in [1.29, 1.82) is 0 Å². The number of hydrogen-bond acceptors (Lipinski definition) is 2. The van der Waals surface area contributed by atoms with E-state index in [1.54, 1.807) is 0 Å². The second-order valence-corrected chi connectivity index (χ2v) is 11.4. The highest BCUT2D eigenvalue weighted by Gasteiger charge is 2.21. The van der Waals surface area contributed by atoms with Gasteiger partial charge in [0.15, 0.2) is 9.28 Å². The summed E-state index contributed by atoms with van der Waals surface area (Å²) >= 11 is 0. The van der Waals surface area contributed by atoms with E-state index in [1.807, 2.05) is 0 Å². The van der Waals surface area contributed by atoms with Gasteiger partial charge in [-0.05, 0) is 25.3 Å². The van der Waals surface area contributed by atoms with E-state index >= 15 is 0 Å². The van der Waals surface area contributed by atoms with Crippen molar-refractivity contribution < 1.29 is 4.43 Å². The van der Waals surface area contributed by atoms with Gasteiger partial charge < -0.3 is 9.41 Å². The number of hydrogen-bond donors (Lipinski definition) is 1. The smallest absolute Gasteiger partial charge is 0.164 e. The van der Waals surface area contributed by atoms with Crippen LogP contribution in [0.2, 0.25) is 6.04 Å². The summed E-state index contributed by atoms with van der Waals surface area (Å²) in [6.07, 6.45) is 8.61. The van der Waals surface area contributed by atoms with Gasteiger partial charge in [-0.1, -0.05) is 19.3 Å². The van der Waals surface area contributed by atoms with Crippen molar-refractivity contribution in [2.24, 2.45) is 0 Å². The van der Waals surface area contributed by atoms with Gasteiger partial charge in [-0.2, -0.15) is 0 Å². The maximum Gasteiger partial charge on any atom is 0.164 e. The lowest BCUT2D eigenvalue weighted by molar-refractivity contribution is 0.331. The van der Waals surface area contributed by atoms with Crippen molar-refractivity contribution in [3.8, 4) is 0 Å². The Labute approximate surface area is 84.9 Å². The number of rotatable bonds is 2. The third-order valence-corrected chi connectivity index (χ3v) is 10.1. The van der Waals surface area contributed by atoms with Crippen molar-refractivity contribution in [2.45, 2.75) is 50.6 Å². The molecule has 1 aliphatic carbocycles. The van der Waals surface area contributed by atoms with Crippen LogP contribution in [-0.2, 0) is 4.43 Å². The third-order valence-electron chi connectivity index (χ3n) is 3.24. The van der Waals surface area contributed by atoms with Crippen LogP contribution >= 0.6 is 0 Å². The molecule has 0 aromatic heterocycles. The first-order valence-corrected chi connectivity index (χ1v) is 11.0. The summed E-state index contributed by atoms with van der Waals surface area (Å²) in [5.41, 5.74) is 0. The van der Waals surface area contributed by atoms with Crippen molar-refractivity contribution in [3.63, 3.8) is 0 Å². The second-order valence-electron chi connectivity index (χ2n) is 4.42. The fourth-order valence-electron chi connectivity index (χ4n) is 2.47. The molecule has 0 spiro atoms. The summed E-state index contributed by atoms with van der Waals surface area (Å²) in [5.74, 6) is 0. The molecular formula is C9H21NOSi2. The highest BCUT2D eigenvalue weighted by molar-refractivity contribution is 7.08. The van der Waals surface area contributed by atoms with Gasteiger partial charge >= 0.3 is 0 Å². The van der Waals surface area contributed by atoms with E-state index in [9.17, 15) is 0 Å². The summed E-state index contributed by atoms with van der Waals surface area (Å²) in [6, 6.07) is 2.41. The minimum atomic E-state index is -0.533. The number of nitrogens with one attached hydrogen (secondary N) is 1. The lowest BCUT2D eigenvalue weighted by Gasteiger charge is -2.29. The standard InChI is InChI=1S/C9H21NOSi2/c1-2-5-9(6-3-1)10-13-8-4-7-11-12-13/h9-10,13H,1-8,12H2. The van der Waals surface area contributed by atoms with Gasteiger partial charge in [0, 0.05) is 12.6 Å². The monoisotopic (exact) mass is 215 g/mol. The van der Waals surface area contributed by atoms with Crippen LogP contribution in [0, 0.1) is 0 Å². The van der Waals surface area contributed by atoms with Crippen molar-refractivity contribution in [1.82, 2.24) is 4.98 Å². The molecule has 2 nitrogen and oxygen atoms in total. The Balaban J connectivity index is 1.69. The van der Waals surface area contributed by atoms with E-state index in [2.05, 4.69) is 4.98 Å². The van der Waals surface area contributed by atoms with E-state index in [1.165, 1.54) is 44.6 Å². The van der Waals surface area contributed by atoms with Crippen LogP contribution in [0.25, 0.3) is 0 Å². The predicted molar refractivity (Wildman–Crippen MR) is 61.1 cm³/mol. The highest BCUT2D eigenvalue weighted by Crippen LogP contribution is 2.18. The summed E-state index contributed by atoms with van der Waals surface area (Å²) in [6.45, 7) is 1.07. The van der Waals surface area contributed by atoms with Crippen LogP contribution in [0.15, 0.2) is 0 Å². The molecule has 0 aromatic carbocycles. The first-order chi connectivity index (χ1) is 6.45. The normalized spacial score (nSPS) is 33.7. The van der Waals surface area contributed by atoms with E-state index in [0.717, 1.165) is 12.6 Å². The molecular weight excluding hydrogens is 194 g/mol. The van der Waals surface area contributed by atoms with Gasteiger partial charge in [-0.15, -0.1) is 0 Å². The van der Waals surface area contributed by atoms with Crippen LogP contribution in [0.5, 0.6) is 0 Å². The SMILES string of the molecule is C1CCC(N[SiH]2CCCO[SiH2]2)CC1. The quantitative estimate of drug-likeness (QED) is 0.683. The first-order valence-electron chi connectivity index (χ1n) is 5.79. The topological polar surface area (TPSA) is 21.3 Å². The van der Waals surface area contributed by atoms with Crippen molar-refractivity contribution in [3.05, 3.63) is 0 Å². The van der Waals surface area contributed by atoms with Crippen LogP contribution in [-0.4, -0.2) is 30.4 Å². The van der Waals surface area contributed by atoms with Gasteiger partial charge in [0.1, 0.15) is 8.48 Å². The Kier molecular flexibility index (Phi) is 4.02. The summed E-state index contributed by atoms with van der Waals surface area (Å²) in [5, 5.41) is 0. The molecule has 13 heavy (non-hydrogen) atoms. The molecule has 1 heterocycles. The molecule has 2 aliphatic rings. The zero-order chi connectivity index (χ0) is 8.93. The molecule has 1 atom stereocenters. The molecule has 1 unspecified atom stereocenters. The van der Waals surface area contributed by atoms with Crippen LogP contribution < -0.4 is 4.98 Å². The average Bonchev–Trinajstić information content (AvgIpc) is 2.21. The van der Waals surface area contributed by atoms with Crippen LogP contribution in [0.4, 0.5) is 0 Å². The fraction of sp³-hybridized carbons (Fsp3) is 1.00. The highest BCUT2D eigenvalue weighted by atomic mass is 29.2. The first kappa shape index (κ1) is 9.89. The zero-order valence-corrected chi connectivity index (χ0v) is 11.0. The van der Waals surface area contributed by atoms with Gasteiger partial charge in [0.2, 0.25) is 0 Å². The van der Waals surface area contributed by atoms with Crippen molar-refractivity contribution in [2.75, 3.05) is 6.61 Å². The molecule has 1 saturated heterocycles. The molecule has 1 N–H and O–H groups in total. The molecule has 4 heteroatoms. The summed E-state index contributed by atoms with van der Waals surface area (Å²) < 4.78 is 5.66. The van der Waals surface area contributed by atoms with E-state index in [4.69, 9.17) is 4.43 Å². The summed E-state index contributed by atoms with van der Waals surface area (Å²) in [7, 11) is -0.627. The van der Waals surface area contributed by atoms with Crippen LogP contribution in [0.1, 0.15) is 38.5 Å². The molecule has 1 saturated carbocycles. The third kappa shape index (κ3) is 3.20. The Hall–Kier alpha value is 0.354. The zero-order valence-electron chi connectivity index (χ0n) is 8.43. The lowest BCUT2D eigenvalue weighted by atomic mass is 9.96. The van der Waals surface area contributed by atoms with Crippen LogP contribution in [0.3, 0.4) is 0 Å². The fourth-order valence-corrected chi connectivity index (χ4v) is 9.23. The maximum absolute atomic E-state index is 5.66. The van der Waals surface area contributed by atoms with E-state index < -0.39 is 8.48 Å². The van der Waals surface area contributed by atoms with E-state index in [0.29, 0.717) is 0 Å². The molecule has 0 radical (unpaired) electrons. The largest absolute Gasteiger partial charge is 0.426 e.